The van der Waals surface area contributed by atoms with Crippen LogP contribution in [-0.4, -0.2) is 23.9 Å². The van der Waals surface area contributed by atoms with Crippen LogP contribution in [-0.2, 0) is 4.79 Å². The van der Waals surface area contributed by atoms with Crippen molar-refractivity contribution in [2.45, 2.75) is 53.4 Å². The summed E-state index contributed by atoms with van der Waals surface area (Å²) < 4.78 is 0. The highest BCUT2D eigenvalue weighted by Crippen LogP contribution is 2.31. The van der Waals surface area contributed by atoms with Crippen molar-refractivity contribution < 1.29 is 4.79 Å². The van der Waals surface area contributed by atoms with Gasteiger partial charge >= 0.3 is 0 Å². The molecule has 0 atom stereocenters. The van der Waals surface area contributed by atoms with Crippen LogP contribution < -0.4 is 0 Å². The number of hydrogen-bond acceptors (Lipinski definition) is 2. The molecular formula is C13H24N2O. The molecule has 0 N–H and O–H groups in total. The molecule has 0 aliphatic carbocycles. The van der Waals surface area contributed by atoms with Gasteiger partial charge in [-0.3, -0.25) is 4.79 Å². The van der Waals surface area contributed by atoms with Crippen LogP contribution in [0.1, 0.15) is 53.4 Å². The fourth-order valence-electron chi connectivity index (χ4n) is 2.17. The molecule has 0 bridgehead atoms. The topological polar surface area (TPSA) is 44.1 Å². The smallest absolute Gasteiger partial charge is 0.243 e. The van der Waals surface area contributed by atoms with Gasteiger partial charge in [-0.05, 0) is 26.7 Å². The third-order valence-corrected chi connectivity index (χ3v) is 3.03. The molecule has 0 spiro atoms. The maximum Gasteiger partial charge on any atom is 0.243 e. The number of hydrogen-bond donors (Lipinski definition) is 0. The Bertz CT molecular complexity index is 245. The maximum atomic E-state index is 12.3. The number of carbonyl (C=O) groups is 1. The third-order valence-electron chi connectivity index (χ3n) is 3.03. The summed E-state index contributed by atoms with van der Waals surface area (Å²) in [4.78, 5) is 14.1. The zero-order valence-corrected chi connectivity index (χ0v) is 11.0. The molecule has 1 amide bonds. The normalized spacial score (nSPS) is 10.9. The molecule has 0 saturated heterocycles. The van der Waals surface area contributed by atoms with Crippen LogP contribution in [0.15, 0.2) is 0 Å². The van der Waals surface area contributed by atoms with Gasteiger partial charge in [0.1, 0.15) is 5.41 Å². The van der Waals surface area contributed by atoms with Gasteiger partial charge in [-0.15, -0.1) is 0 Å². The van der Waals surface area contributed by atoms with Gasteiger partial charge < -0.3 is 4.90 Å². The van der Waals surface area contributed by atoms with Gasteiger partial charge in [0.25, 0.3) is 0 Å². The lowest BCUT2D eigenvalue weighted by Crippen LogP contribution is -2.43. The Balaban J connectivity index is 5.00. The molecule has 0 fully saturated rings. The van der Waals surface area contributed by atoms with Crippen LogP contribution in [0.2, 0.25) is 0 Å². The van der Waals surface area contributed by atoms with Crippen LogP contribution in [0.3, 0.4) is 0 Å². The Labute approximate surface area is 99.4 Å². The first-order chi connectivity index (χ1) is 7.61. The monoisotopic (exact) mass is 224 g/mol. The second kappa shape index (κ2) is 7.27. The Kier molecular flexibility index (Phi) is 6.80. The van der Waals surface area contributed by atoms with Crippen LogP contribution in [0, 0.1) is 16.7 Å². The van der Waals surface area contributed by atoms with Crippen molar-refractivity contribution in [2.24, 2.45) is 5.41 Å². The van der Waals surface area contributed by atoms with Crippen LogP contribution in [0.25, 0.3) is 0 Å². The predicted octanol–water partition coefficient (Wildman–Crippen LogP) is 2.96. The van der Waals surface area contributed by atoms with E-state index in [-0.39, 0.29) is 5.91 Å². The van der Waals surface area contributed by atoms with Gasteiger partial charge in [-0.1, -0.05) is 26.7 Å². The minimum atomic E-state index is -0.782. The molecule has 0 aromatic carbocycles. The molecule has 0 unspecified atom stereocenters. The molecule has 0 aliphatic heterocycles. The first-order valence-corrected chi connectivity index (χ1v) is 6.32. The van der Waals surface area contributed by atoms with Crippen molar-refractivity contribution in [1.29, 1.82) is 5.26 Å². The van der Waals surface area contributed by atoms with Gasteiger partial charge in [0.15, 0.2) is 0 Å². The number of nitriles is 1. The quantitative estimate of drug-likeness (QED) is 0.667. The van der Waals surface area contributed by atoms with Crippen molar-refractivity contribution in [1.82, 2.24) is 4.90 Å². The van der Waals surface area contributed by atoms with E-state index in [9.17, 15) is 10.1 Å². The molecule has 3 heteroatoms. The van der Waals surface area contributed by atoms with Gasteiger partial charge in [0.05, 0.1) is 6.07 Å². The molecule has 0 aromatic rings. The molecule has 0 heterocycles. The predicted molar refractivity (Wildman–Crippen MR) is 65.8 cm³/mol. The van der Waals surface area contributed by atoms with Gasteiger partial charge in [0, 0.05) is 13.1 Å². The Morgan fingerprint density at radius 1 is 1.12 bits per heavy atom. The first-order valence-electron chi connectivity index (χ1n) is 6.32. The Hall–Kier alpha value is -1.04. The highest BCUT2D eigenvalue weighted by Gasteiger charge is 2.39. The molecule has 92 valence electrons. The molecule has 16 heavy (non-hydrogen) atoms. The second-order valence-electron chi connectivity index (χ2n) is 4.17. The zero-order chi connectivity index (χ0) is 12.6. The fraction of sp³-hybridized carbons (Fsp3) is 0.846. The summed E-state index contributed by atoms with van der Waals surface area (Å²) in [6, 6.07) is 2.28. The summed E-state index contributed by atoms with van der Waals surface area (Å²) in [6.07, 6.45) is 3.10. The van der Waals surface area contributed by atoms with E-state index >= 15 is 0 Å². The lowest BCUT2D eigenvalue weighted by atomic mass is 9.79. The van der Waals surface area contributed by atoms with E-state index in [1.807, 2.05) is 27.7 Å². The number of nitrogens with zero attached hydrogens (tertiary/aromatic N) is 2. The van der Waals surface area contributed by atoms with E-state index in [4.69, 9.17) is 0 Å². The average Bonchev–Trinajstić information content (AvgIpc) is 2.30. The lowest BCUT2D eigenvalue weighted by Gasteiger charge is -2.31. The van der Waals surface area contributed by atoms with Crippen molar-refractivity contribution in [3.05, 3.63) is 0 Å². The maximum absolute atomic E-state index is 12.3. The SMILES string of the molecule is CCCC(C#N)(CCC)C(=O)N(CC)CC. The van der Waals surface area contributed by atoms with Crippen LogP contribution in [0.5, 0.6) is 0 Å². The highest BCUT2D eigenvalue weighted by atomic mass is 16.2. The molecule has 0 aromatic heterocycles. The van der Waals surface area contributed by atoms with Crippen LogP contribution in [0.4, 0.5) is 0 Å². The molecule has 0 radical (unpaired) electrons. The number of carbonyl (C=O) groups excluding carboxylic acids is 1. The largest absolute Gasteiger partial charge is 0.342 e. The lowest BCUT2D eigenvalue weighted by molar-refractivity contribution is -0.139. The Morgan fingerprint density at radius 3 is 1.81 bits per heavy atom. The zero-order valence-electron chi connectivity index (χ0n) is 11.0. The van der Waals surface area contributed by atoms with E-state index < -0.39 is 5.41 Å². The van der Waals surface area contributed by atoms with Crippen molar-refractivity contribution in [3.63, 3.8) is 0 Å². The first kappa shape index (κ1) is 15.0. The molecular weight excluding hydrogens is 200 g/mol. The van der Waals surface area contributed by atoms with Crippen molar-refractivity contribution >= 4 is 5.91 Å². The molecule has 0 aliphatic rings. The van der Waals surface area contributed by atoms with E-state index in [0.717, 1.165) is 12.8 Å². The molecule has 0 saturated carbocycles. The third kappa shape index (κ3) is 3.23. The van der Waals surface area contributed by atoms with E-state index in [1.165, 1.54) is 0 Å². The van der Waals surface area contributed by atoms with Crippen LogP contribution >= 0.6 is 0 Å². The summed E-state index contributed by atoms with van der Waals surface area (Å²) in [6.45, 7) is 9.34. The Morgan fingerprint density at radius 2 is 1.56 bits per heavy atom. The van der Waals surface area contributed by atoms with Gasteiger partial charge in [-0.25, -0.2) is 0 Å². The standard InChI is InChI=1S/C13H24N2O/c1-5-9-13(11-14,10-6-2)12(16)15(7-3)8-4/h5-10H2,1-4H3. The fourth-order valence-corrected chi connectivity index (χ4v) is 2.17. The number of rotatable bonds is 7. The summed E-state index contributed by atoms with van der Waals surface area (Å²) in [5, 5.41) is 9.35. The van der Waals surface area contributed by atoms with E-state index in [1.54, 1.807) is 4.90 Å². The summed E-state index contributed by atoms with van der Waals surface area (Å²) in [5.74, 6) is 0.0173. The average molecular weight is 224 g/mol. The van der Waals surface area contributed by atoms with Gasteiger partial charge in [0.2, 0.25) is 5.91 Å². The number of amides is 1. The molecule has 0 rings (SSSR count). The summed E-state index contributed by atoms with van der Waals surface area (Å²) >= 11 is 0. The minimum Gasteiger partial charge on any atom is -0.342 e. The molecule has 3 nitrogen and oxygen atoms in total. The van der Waals surface area contributed by atoms with E-state index in [0.29, 0.717) is 25.9 Å². The summed E-state index contributed by atoms with van der Waals surface area (Å²) in [7, 11) is 0. The van der Waals surface area contributed by atoms with E-state index in [2.05, 4.69) is 6.07 Å². The summed E-state index contributed by atoms with van der Waals surface area (Å²) in [5.41, 5.74) is -0.782. The minimum absolute atomic E-state index is 0.0173. The van der Waals surface area contributed by atoms with Crippen molar-refractivity contribution in [3.8, 4) is 6.07 Å². The second-order valence-corrected chi connectivity index (χ2v) is 4.17. The van der Waals surface area contributed by atoms with Crippen molar-refractivity contribution in [2.75, 3.05) is 13.1 Å². The van der Waals surface area contributed by atoms with Gasteiger partial charge in [-0.2, -0.15) is 5.26 Å². The highest BCUT2D eigenvalue weighted by molar-refractivity contribution is 5.85.